The van der Waals surface area contributed by atoms with Gasteiger partial charge in [-0.2, -0.15) is 5.10 Å². The molecule has 1 atom stereocenters. The summed E-state index contributed by atoms with van der Waals surface area (Å²) in [6.07, 6.45) is -0.0205. The van der Waals surface area contributed by atoms with Gasteiger partial charge >= 0.3 is 0 Å². The zero-order valence-corrected chi connectivity index (χ0v) is 18.0. The van der Waals surface area contributed by atoms with Crippen LogP contribution in [0, 0.1) is 6.92 Å². The second-order valence-electron chi connectivity index (χ2n) is 7.10. The highest BCUT2D eigenvalue weighted by Gasteiger charge is 2.34. The number of methoxy groups -OCH3 is 2. The van der Waals surface area contributed by atoms with Crippen molar-refractivity contribution in [1.82, 2.24) is 9.78 Å². The van der Waals surface area contributed by atoms with Crippen molar-refractivity contribution in [2.24, 2.45) is 0 Å². The zero-order valence-electron chi connectivity index (χ0n) is 17.2. The smallest absolute Gasteiger partial charge is 0.249 e. The van der Waals surface area contributed by atoms with Crippen LogP contribution in [0.15, 0.2) is 42.5 Å². The molecule has 0 spiro atoms. The number of carbonyl (C=O) groups excluding carboxylic acids is 2. The lowest BCUT2D eigenvalue weighted by Crippen LogP contribution is -2.35. The first kappa shape index (κ1) is 20.7. The standard InChI is InChI=1S/C22H21ClN4O4/c1-12-20(13-4-6-14(23)7-5-13)26-27-16(11-19(28)25-21(12)27)22(29)24-15-8-9-17(30-2)18(10-15)31-3/h4-10,16H,11H2,1-3H3,(H,24,29)(H,25,28)/t16-/m0/s1. The van der Waals surface area contributed by atoms with Crippen molar-refractivity contribution in [2.45, 2.75) is 19.4 Å². The Kier molecular flexibility index (Phi) is 5.56. The lowest BCUT2D eigenvalue weighted by atomic mass is 10.1. The van der Waals surface area contributed by atoms with Gasteiger partial charge in [-0.15, -0.1) is 0 Å². The van der Waals surface area contributed by atoms with Gasteiger partial charge in [0, 0.05) is 27.9 Å². The summed E-state index contributed by atoms with van der Waals surface area (Å²) in [5.74, 6) is 0.949. The number of halogens is 1. The van der Waals surface area contributed by atoms with Gasteiger partial charge in [0.15, 0.2) is 11.5 Å². The fourth-order valence-corrected chi connectivity index (χ4v) is 3.69. The predicted molar refractivity (Wildman–Crippen MR) is 118 cm³/mol. The zero-order chi connectivity index (χ0) is 22.1. The number of nitrogens with one attached hydrogen (secondary N) is 2. The van der Waals surface area contributed by atoms with Crippen LogP contribution < -0.4 is 20.1 Å². The Balaban J connectivity index is 1.66. The van der Waals surface area contributed by atoms with Crippen molar-refractivity contribution in [3.05, 3.63) is 53.1 Å². The fraction of sp³-hybridized carbons (Fsp3) is 0.227. The molecule has 2 heterocycles. The van der Waals surface area contributed by atoms with Gasteiger partial charge < -0.3 is 20.1 Å². The Morgan fingerprint density at radius 3 is 2.55 bits per heavy atom. The quantitative estimate of drug-likeness (QED) is 0.624. The van der Waals surface area contributed by atoms with Crippen LogP contribution in [0.5, 0.6) is 11.5 Å². The van der Waals surface area contributed by atoms with E-state index in [1.807, 2.05) is 19.1 Å². The molecule has 31 heavy (non-hydrogen) atoms. The Bertz CT molecular complexity index is 1160. The van der Waals surface area contributed by atoms with Crippen LogP contribution in [-0.2, 0) is 9.59 Å². The molecular weight excluding hydrogens is 420 g/mol. The molecule has 0 unspecified atom stereocenters. The summed E-state index contributed by atoms with van der Waals surface area (Å²) in [6, 6.07) is 11.5. The largest absolute Gasteiger partial charge is 0.493 e. The molecule has 8 nitrogen and oxygen atoms in total. The Hall–Kier alpha value is -3.52. The third-order valence-electron chi connectivity index (χ3n) is 5.15. The van der Waals surface area contributed by atoms with Crippen LogP contribution in [0.4, 0.5) is 11.5 Å². The molecule has 1 aliphatic rings. The normalized spacial score (nSPS) is 15.1. The SMILES string of the molecule is COc1ccc(NC(=O)[C@@H]2CC(=O)Nc3c(C)c(-c4ccc(Cl)cc4)nn32)cc1OC. The third-order valence-corrected chi connectivity index (χ3v) is 5.40. The van der Waals surface area contributed by atoms with E-state index in [4.69, 9.17) is 21.1 Å². The molecule has 0 aliphatic carbocycles. The van der Waals surface area contributed by atoms with Gasteiger partial charge in [0.25, 0.3) is 0 Å². The second-order valence-corrected chi connectivity index (χ2v) is 7.54. The van der Waals surface area contributed by atoms with Crippen LogP contribution in [-0.4, -0.2) is 35.8 Å². The van der Waals surface area contributed by atoms with Crippen molar-refractivity contribution < 1.29 is 19.1 Å². The average molecular weight is 441 g/mol. The highest BCUT2D eigenvalue weighted by atomic mass is 35.5. The summed E-state index contributed by atoms with van der Waals surface area (Å²) in [6.45, 7) is 1.86. The van der Waals surface area contributed by atoms with Crippen LogP contribution in [0.3, 0.4) is 0 Å². The number of hydrogen-bond donors (Lipinski definition) is 2. The van der Waals surface area contributed by atoms with Gasteiger partial charge in [-0.3, -0.25) is 9.59 Å². The van der Waals surface area contributed by atoms with Crippen molar-refractivity contribution in [3.8, 4) is 22.8 Å². The van der Waals surface area contributed by atoms with Crippen LogP contribution in [0.25, 0.3) is 11.3 Å². The molecule has 0 radical (unpaired) electrons. The Labute approximate surface area is 184 Å². The van der Waals surface area contributed by atoms with Crippen molar-refractivity contribution >= 4 is 34.9 Å². The topological polar surface area (TPSA) is 94.5 Å². The second kappa shape index (κ2) is 8.31. The van der Waals surface area contributed by atoms with Crippen LogP contribution >= 0.6 is 11.6 Å². The number of nitrogens with zero attached hydrogens (tertiary/aromatic N) is 2. The number of benzene rings is 2. The molecule has 0 saturated heterocycles. The van der Waals surface area contributed by atoms with Crippen molar-refractivity contribution in [2.75, 3.05) is 24.9 Å². The number of hydrogen-bond acceptors (Lipinski definition) is 5. The van der Waals surface area contributed by atoms with E-state index in [2.05, 4.69) is 15.7 Å². The molecule has 3 aromatic rings. The summed E-state index contributed by atoms with van der Waals surface area (Å²) >= 11 is 5.99. The van der Waals surface area contributed by atoms with E-state index in [1.54, 1.807) is 35.0 Å². The number of fused-ring (bicyclic) bond motifs is 1. The summed E-state index contributed by atoms with van der Waals surface area (Å²) in [5.41, 5.74) is 2.83. The van der Waals surface area contributed by atoms with E-state index in [1.165, 1.54) is 14.2 Å². The molecule has 0 fully saturated rings. The first-order valence-electron chi connectivity index (χ1n) is 9.59. The number of anilines is 2. The van der Waals surface area contributed by atoms with Gasteiger partial charge in [0.2, 0.25) is 11.8 Å². The number of aromatic nitrogens is 2. The lowest BCUT2D eigenvalue weighted by molar-refractivity contribution is -0.125. The van der Waals surface area contributed by atoms with Gasteiger partial charge in [-0.1, -0.05) is 23.7 Å². The first-order valence-corrected chi connectivity index (χ1v) is 9.97. The molecule has 0 bridgehead atoms. The maximum atomic E-state index is 13.1. The molecule has 1 aromatic heterocycles. The molecule has 4 rings (SSSR count). The highest BCUT2D eigenvalue weighted by molar-refractivity contribution is 6.30. The fourth-order valence-electron chi connectivity index (χ4n) is 3.56. The lowest BCUT2D eigenvalue weighted by Gasteiger charge is -2.24. The summed E-state index contributed by atoms with van der Waals surface area (Å²) in [5, 5.41) is 10.9. The van der Waals surface area contributed by atoms with Gasteiger partial charge in [0.1, 0.15) is 11.9 Å². The molecule has 2 aromatic carbocycles. The Morgan fingerprint density at radius 2 is 1.87 bits per heavy atom. The van der Waals surface area contributed by atoms with Crippen molar-refractivity contribution in [3.63, 3.8) is 0 Å². The van der Waals surface area contributed by atoms with Crippen molar-refractivity contribution in [1.29, 1.82) is 0 Å². The summed E-state index contributed by atoms with van der Waals surface area (Å²) in [4.78, 5) is 25.4. The highest BCUT2D eigenvalue weighted by Crippen LogP contribution is 2.35. The minimum absolute atomic E-state index is 0.0205. The summed E-state index contributed by atoms with van der Waals surface area (Å²) in [7, 11) is 3.06. The minimum Gasteiger partial charge on any atom is -0.493 e. The summed E-state index contributed by atoms with van der Waals surface area (Å²) < 4.78 is 12.1. The van der Waals surface area contributed by atoms with Gasteiger partial charge in [-0.25, -0.2) is 4.68 Å². The number of ether oxygens (including phenoxy) is 2. The molecule has 0 saturated carbocycles. The maximum Gasteiger partial charge on any atom is 0.249 e. The molecule has 9 heteroatoms. The molecule has 2 amide bonds. The molecule has 2 N–H and O–H groups in total. The van der Waals surface area contributed by atoms with E-state index in [9.17, 15) is 9.59 Å². The van der Waals surface area contributed by atoms with Gasteiger partial charge in [-0.05, 0) is 31.2 Å². The Morgan fingerprint density at radius 1 is 1.16 bits per heavy atom. The number of amides is 2. The average Bonchev–Trinajstić information content (AvgIpc) is 3.10. The molecule has 1 aliphatic heterocycles. The maximum absolute atomic E-state index is 13.1. The molecule has 160 valence electrons. The number of rotatable bonds is 5. The van der Waals surface area contributed by atoms with E-state index in [-0.39, 0.29) is 18.2 Å². The van der Waals surface area contributed by atoms with Crippen LogP contribution in [0.2, 0.25) is 5.02 Å². The minimum atomic E-state index is -0.795. The number of carbonyl (C=O) groups is 2. The van der Waals surface area contributed by atoms with E-state index in [0.29, 0.717) is 33.7 Å². The first-order chi connectivity index (χ1) is 14.9. The van der Waals surface area contributed by atoms with E-state index < -0.39 is 6.04 Å². The van der Waals surface area contributed by atoms with Gasteiger partial charge in [0.05, 0.1) is 26.3 Å². The monoisotopic (exact) mass is 440 g/mol. The van der Waals surface area contributed by atoms with Crippen LogP contribution in [0.1, 0.15) is 18.0 Å². The van der Waals surface area contributed by atoms with E-state index in [0.717, 1.165) is 11.1 Å². The third kappa shape index (κ3) is 3.94. The predicted octanol–water partition coefficient (Wildman–Crippen LogP) is 4.05. The molecular formula is C22H21ClN4O4. The van der Waals surface area contributed by atoms with E-state index >= 15 is 0 Å².